The van der Waals surface area contributed by atoms with Crippen LogP contribution in [0.1, 0.15) is 26.2 Å². The molecule has 2 aliphatic rings. The number of nitrogens with one attached hydrogen (secondary N) is 2. The second-order valence-corrected chi connectivity index (χ2v) is 9.09. The highest BCUT2D eigenvalue weighted by molar-refractivity contribution is 7.99. The molecule has 9 atom stereocenters. The summed E-state index contributed by atoms with van der Waals surface area (Å²) in [5.74, 6) is 0.0334. The maximum atomic E-state index is 12.8. The molecule has 2 rings (SSSR count). The lowest BCUT2D eigenvalue weighted by atomic mass is 9.92. The molecule has 2 aliphatic heterocycles. The van der Waals surface area contributed by atoms with Gasteiger partial charge in [0.25, 0.3) is 0 Å². The maximum absolute atomic E-state index is 12.8. The smallest absolute Gasteiger partial charge is 0.237 e. The third kappa shape index (κ3) is 5.72. The molecule has 0 aromatic heterocycles. The number of nitrogens with zero attached hydrogens (tertiary/aromatic N) is 1. The van der Waals surface area contributed by atoms with Gasteiger partial charge >= 0.3 is 0 Å². The number of rotatable bonds is 6. The Morgan fingerprint density at radius 1 is 1.32 bits per heavy atom. The summed E-state index contributed by atoms with van der Waals surface area (Å²) in [5.41, 5.74) is -0.733. The average Bonchev–Trinajstić information content (AvgIpc) is 2.91. The molecular formula is C18H30ClN3O5S. The minimum Gasteiger partial charge on any atom is -0.388 e. The van der Waals surface area contributed by atoms with E-state index in [0.717, 1.165) is 12.8 Å². The van der Waals surface area contributed by atoms with Crippen LogP contribution in [0.25, 0.3) is 4.85 Å². The van der Waals surface area contributed by atoms with E-state index in [4.69, 9.17) is 22.9 Å². The number of thioether (sulfide) groups is 1. The second kappa shape index (κ2) is 11.0. The quantitative estimate of drug-likeness (QED) is 0.293. The molecule has 28 heavy (non-hydrogen) atoms. The van der Waals surface area contributed by atoms with Crippen molar-refractivity contribution < 1.29 is 24.9 Å². The normalized spacial score (nSPS) is 38.7. The number of hydrogen-bond donors (Lipinski definition) is 5. The summed E-state index contributed by atoms with van der Waals surface area (Å²) in [4.78, 5) is 16.3. The van der Waals surface area contributed by atoms with E-state index in [9.17, 15) is 20.1 Å². The van der Waals surface area contributed by atoms with Crippen LogP contribution in [0.3, 0.4) is 0 Å². The van der Waals surface area contributed by atoms with Gasteiger partial charge < -0.3 is 35.5 Å². The molecule has 160 valence electrons. The van der Waals surface area contributed by atoms with Crippen molar-refractivity contribution in [1.29, 1.82) is 0 Å². The SMILES string of the molecule is [C-]#[N+]C[C@@H]1CCNC(C(=O)NC(C(C)Cl)C2OC(SC)C(O)C(O)C2O)CC1. The molecule has 0 bridgehead atoms. The number of aliphatic hydroxyl groups excluding tert-OH is 3. The van der Waals surface area contributed by atoms with Crippen molar-refractivity contribution in [3.05, 3.63) is 11.4 Å². The lowest BCUT2D eigenvalue weighted by molar-refractivity contribution is -0.205. The first kappa shape index (κ1) is 23.7. The number of carbonyl (C=O) groups is 1. The molecule has 8 nitrogen and oxygen atoms in total. The van der Waals surface area contributed by atoms with Gasteiger partial charge in [-0.2, -0.15) is 0 Å². The first-order chi connectivity index (χ1) is 13.3. The van der Waals surface area contributed by atoms with Gasteiger partial charge in [-0.05, 0) is 39.0 Å². The van der Waals surface area contributed by atoms with Gasteiger partial charge in [0.05, 0.1) is 17.5 Å². The third-order valence-corrected chi connectivity index (χ3v) is 6.60. The Kier molecular flexibility index (Phi) is 9.28. The minimum atomic E-state index is -1.39. The van der Waals surface area contributed by atoms with Crippen LogP contribution in [0.5, 0.6) is 0 Å². The van der Waals surface area contributed by atoms with Crippen LogP contribution < -0.4 is 10.6 Å². The molecule has 8 unspecified atom stereocenters. The fourth-order valence-electron chi connectivity index (χ4n) is 3.73. The Morgan fingerprint density at radius 3 is 2.64 bits per heavy atom. The van der Waals surface area contributed by atoms with E-state index in [1.54, 1.807) is 13.2 Å². The highest BCUT2D eigenvalue weighted by Gasteiger charge is 2.48. The molecular weight excluding hydrogens is 406 g/mol. The Bertz CT molecular complexity index is 562. The Balaban J connectivity index is 2.05. The number of ether oxygens (including phenoxy) is 1. The van der Waals surface area contributed by atoms with E-state index < -0.39 is 47.3 Å². The number of hydrogen-bond acceptors (Lipinski definition) is 7. The number of carbonyl (C=O) groups excluding carboxylic acids is 1. The van der Waals surface area contributed by atoms with E-state index in [1.807, 2.05) is 0 Å². The summed E-state index contributed by atoms with van der Waals surface area (Å²) < 4.78 is 5.77. The van der Waals surface area contributed by atoms with Gasteiger partial charge in [-0.3, -0.25) is 4.79 Å². The molecule has 5 N–H and O–H groups in total. The highest BCUT2D eigenvalue weighted by Crippen LogP contribution is 2.30. The van der Waals surface area contributed by atoms with Crippen molar-refractivity contribution in [1.82, 2.24) is 10.6 Å². The van der Waals surface area contributed by atoms with Gasteiger partial charge in [-0.15, -0.1) is 23.4 Å². The molecule has 2 fully saturated rings. The highest BCUT2D eigenvalue weighted by atomic mass is 35.5. The lowest BCUT2D eigenvalue weighted by Gasteiger charge is -2.44. The van der Waals surface area contributed by atoms with Gasteiger partial charge in [0.2, 0.25) is 12.5 Å². The van der Waals surface area contributed by atoms with Gasteiger partial charge in [0.1, 0.15) is 29.9 Å². The molecule has 10 heteroatoms. The standard InChI is InChI=1S/C18H30ClN3O5S/c1-9(19)12(16-14(24)13(23)15(25)18(27-16)28-3)22-17(26)11-5-4-10(8-20-2)6-7-21-11/h9-16,18,21,23-25H,4-8H2,1,3H3,(H,22,26)/t9?,10-,11?,12?,13?,14?,15?,16?,18?/m0/s1. The first-order valence-electron chi connectivity index (χ1n) is 9.53. The van der Waals surface area contributed by atoms with Gasteiger partial charge in [0.15, 0.2) is 0 Å². The summed E-state index contributed by atoms with van der Waals surface area (Å²) in [6, 6.07) is -1.16. The van der Waals surface area contributed by atoms with Crippen LogP contribution in [0, 0.1) is 12.5 Å². The Morgan fingerprint density at radius 2 is 2.04 bits per heavy atom. The topological polar surface area (TPSA) is 115 Å². The van der Waals surface area contributed by atoms with E-state index in [-0.39, 0.29) is 11.8 Å². The predicted molar refractivity (Wildman–Crippen MR) is 108 cm³/mol. The van der Waals surface area contributed by atoms with Crippen LogP contribution in [0.2, 0.25) is 0 Å². The van der Waals surface area contributed by atoms with Crippen LogP contribution >= 0.6 is 23.4 Å². The van der Waals surface area contributed by atoms with Gasteiger partial charge in [-0.25, -0.2) is 6.57 Å². The lowest BCUT2D eigenvalue weighted by Crippen LogP contribution is -2.65. The fourth-order valence-corrected chi connectivity index (χ4v) is 4.62. The van der Waals surface area contributed by atoms with Crippen LogP contribution in [-0.4, -0.2) is 87.9 Å². The summed E-state index contributed by atoms with van der Waals surface area (Å²) in [6.45, 7) is 9.82. The Labute approximate surface area is 175 Å². The first-order valence-corrected chi connectivity index (χ1v) is 11.3. The van der Waals surface area contributed by atoms with Crippen molar-refractivity contribution >= 4 is 29.3 Å². The van der Waals surface area contributed by atoms with E-state index in [2.05, 4.69) is 15.5 Å². The molecule has 2 heterocycles. The summed E-state index contributed by atoms with van der Waals surface area (Å²) in [7, 11) is 0. The van der Waals surface area contributed by atoms with Crippen molar-refractivity contribution in [3.8, 4) is 0 Å². The molecule has 0 radical (unpaired) electrons. The number of halogens is 1. The van der Waals surface area contributed by atoms with Crippen molar-refractivity contribution in [2.75, 3.05) is 19.3 Å². The molecule has 0 aromatic rings. The Hall–Kier alpha value is -0.600. The largest absolute Gasteiger partial charge is 0.388 e. The van der Waals surface area contributed by atoms with Crippen molar-refractivity contribution in [2.45, 2.75) is 73.5 Å². The third-order valence-electron chi connectivity index (χ3n) is 5.47. The molecule has 0 saturated carbocycles. The molecule has 2 saturated heterocycles. The molecule has 0 spiro atoms. The monoisotopic (exact) mass is 435 g/mol. The molecule has 0 aliphatic carbocycles. The van der Waals surface area contributed by atoms with E-state index >= 15 is 0 Å². The van der Waals surface area contributed by atoms with Gasteiger partial charge in [0, 0.05) is 5.92 Å². The molecule has 0 aromatic carbocycles. The van der Waals surface area contributed by atoms with E-state index in [1.165, 1.54) is 11.8 Å². The zero-order chi connectivity index (χ0) is 20.8. The zero-order valence-electron chi connectivity index (χ0n) is 16.1. The fraction of sp³-hybridized carbons (Fsp3) is 0.889. The number of aliphatic hydroxyl groups is 3. The van der Waals surface area contributed by atoms with Crippen LogP contribution in [0.15, 0.2) is 0 Å². The minimum absolute atomic E-state index is 0.252. The van der Waals surface area contributed by atoms with E-state index in [0.29, 0.717) is 19.5 Å². The van der Waals surface area contributed by atoms with Crippen LogP contribution in [-0.2, 0) is 9.53 Å². The summed E-state index contributed by atoms with van der Waals surface area (Å²) in [5, 5.41) is 36.1. The zero-order valence-corrected chi connectivity index (χ0v) is 17.7. The van der Waals surface area contributed by atoms with Gasteiger partial charge in [-0.1, -0.05) is 0 Å². The number of alkyl halides is 1. The second-order valence-electron chi connectivity index (χ2n) is 7.47. The predicted octanol–water partition coefficient (Wildman–Crippen LogP) is -0.0533. The van der Waals surface area contributed by atoms with Crippen molar-refractivity contribution in [2.24, 2.45) is 5.92 Å². The van der Waals surface area contributed by atoms with Crippen molar-refractivity contribution in [3.63, 3.8) is 0 Å². The maximum Gasteiger partial charge on any atom is 0.237 e. The average molecular weight is 436 g/mol. The summed E-state index contributed by atoms with van der Waals surface area (Å²) >= 11 is 7.50. The summed E-state index contributed by atoms with van der Waals surface area (Å²) in [6.07, 6.45) is -0.979. The van der Waals surface area contributed by atoms with Crippen LogP contribution in [0.4, 0.5) is 0 Å². The number of amides is 1. The molecule has 1 amide bonds.